The monoisotopic (exact) mass is 230 g/mol. The lowest BCUT2D eigenvalue weighted by molar-refractivity contribution is 0.126. The third-order valence-electron chi connectivity index (χ3n) is 3.08. The summed E-state index contributed by atoms with van der Waals surface area (Å²) in [4.78, 5) is 10.6. The Hall–Kier alpha value is -0.810. The molecule has 0 unspecified atom stereocenters. The van der Waals surface area contributed by atoms with Crippen LogP contribution in [0.2, 0.25) is 0 Å². The number of hydrogen-bond donors (Lipinski definition) is 3. The van der Waals surface area contributed by atoms with Gasteiger partial charge in [0.1, 0.15) is 0 Å². The summed E-state index contributed by atoms with van der Waals surface area (Å²) in [5.41, 5.74) is -0.380. The molecule has 0 aromatic rings. The minimum absolute atomic E-state index is 0.380. The number of hydrogen-bond acceptors (Lipinski definition) is 3. The SMILES string of the molecule is COC[C@H]1CNC[C@@H]1CC(C)(C)NC(=O)O. The third kappa shape index (κ3) is 3.98. The van der Waals surface area contributed by atoms with Crippen LogP contribution < -0.4 is 10.6 Å². The van der Waals surface area contributed by atoms with Crippen LogP contribution in [0.15, 0.2) is 0 Å². The zero-order valence-electron chi connectivity index (χ0n) is 10.2. The van der Waals surface area contributed by atoms with Gasteiger partial charge in [0, 0.05) is 19.2 Å². The van der Waals surface area contributed by atoms with Crippen molar-refractivity contribution in [2.24, 2.45) is 11.8 Å². The Morgan fingerprint density at radius 2 is 2.12 bits per heavy atom. The standard InChI is InChI=1S/C11H22N2O3/c1-11(2,13-10(14)15)4-8-5-12-6-9(8)7-16-3/h8-9,12-13H,4-7H2,1-3H3,(H,14,15)/t8-,9+/m0/s1. The first-order valence-corrected chi connectivity index (χ1v) is 5.65. The summed E-state index contributed by atoms with van der Waals surface area (Å²) in [7, 11) is 1.70. The molecule has 0 saturated carbocycles. The number of carbonyl (C=O) groups is 1. The Balaban J connectivity index is 2.48. The summed E-state index contributed by atoms with van der Waals surface area (Å²) >= 11 is 0. The molecule has 2 atom stereocenters. The van der Waals surface area contributed by atoms with Crippen molar-refractivity contribution >= 4 is 6.09 Å². The van der Waals surface area contributed by atoms with Crippen LogP contribution in [0.1, 0.15) is 20.3 Å². The fraction of sp³-hybridized carbons (Fsp3) is 0.909. The van der Waals surface area contributed by atoms with Crippen molar-refractivity contribution in [2.45, 2.75) is 25.8 Å². The van der Waals surface area contributed by atoms with Gasteiger partial charge in [0.2, 0.25) is 0 Å². The lowest BCUT2D eigenvalue weighted by Gasteiger charge is -2.30. The Kier molecular flexibility index (Phi) is 4.56. The van der Waals surface area contributed by atoms with Gasteiger partial charge in [-0.2, -0.15) is 0 Å². The number of methoxy groups -OCH3 is 1. The van der Waals surface area contributed by atoms with Crippen LogP contribution in [-0.2, 0) is 4.74 Å². The van der Waals surface area contributed by atoms with Gasteiger partial charge in [-0.3, -0.25) is 0 Å². The second kappa shape index (κ2) is 5.50. The second-order valence-corrected chi connectivity index (χ2v) is 5.15. The van der Waals surface area contributed by atoms with Gasteiger partial charge in [-0.25, -0.2) is 4.79 Å². The first-order valence-electron chi connectivity index (χ1n) is 5.65. The maximum absolute atomic E-state index is 10.6. The number of nitrogens with one attached hydrogen (secondary N) is 2. The summed E-state index contributed by atoms with van der Waals surface area (Å²) in [5, 5.41) is 14.6. The molecule has 16 heavy (non-hydrogen) atoms. The molecule has 5 nitrogen and oxygen atoms in total. The van der Waals surface area contributed by atoms with Crippen molar-refractivity contribution in [3.63, 3.8) is 0 Å². The molecule has 1 amide bonds. The molecule has 0 spiro atoms. The summed E-state index contributed by atoms with van der Waals surface area (Å²) in [5.74, 6) is 0.960. The predicted octanol–water partition coefficient (Wildman–Crippen LogP) is 0.905. The van der Waals surface area contributed by atoms with Gasteiger partial charge in [0.15, 0.2) is 0 Å². The molecule has 1 saturated heterocycles. The molecular weight excluding hydrogens is 208 g/mol. The largest absolute Gasteiger partial charge is 0.465 e. The van der Waals surface area contributed by atoms with Crippen molar-refractivity contribution in [1.29, 1.82) is 0 Å². The van der Waals surface area contributed by atoms with Crippen LogP contribution in [0.5, 0.6) is 0 Å². The molecule has 1 rings (SSSR count). The van der Waals surface area contributed by atoms with Crippen molar-refractivity contribution in [1.82, 2.24) is 10.6 Å². The molecule has 0 bridgehead atoms. The highest BCUT2D eigenvalue weighted by Crippen LogP contribution is 2.26. The number of rotatable bonds is 5. The number of amides is 1. The average Bonchev–Trinajstić information content (AvgIpc) is 2.50. The highest BCUT2D eigenvalue weighted by molar-refractivity contribution is 5.65. The van der Waals surface area contributed by atoms with Crippen LogP contribution in [0.4, 0.5) is 4.79 Å². The van der Waals surface area contributed by atoms with E-state index in [1.54, 1.807) is 7.11 Å². The van der Waals surface area contributed by atoms with Crippen molar-refractivity contribution in [3.8, 4) is 0 Å². The lowest BCUT2D eigenvalue weighted by atomic mass is 9.84. The number of carboxylic acid groups (broad SMARTS) is 1. The van der Waals surface area contributed by atoms with Gasteiger partial charge in [-0.15, -0.1) is 0 Å². The molecule has 3 N–H and O–H groups in total. The summed E-state index contributed by atoms with van der Waals surface area (Å²) in [6.45, 7) is 6.48. The van der Waals surface area contributed by atoms with Gasteiger partial charge in [-0.05, 0) is 38.6 Å². The van der Waals surface area contributed by atoms with Gasteiger partial charge < -0.3 is 20.5 Å². The molecule has 0 radical (unpaired) electrons. The average molecular weight is 230 g/mol. The van der Waals surface area contributed by atoms with E-state index < -0.39 is 6.09 Å². The number of ether oxygens (including phenoxy) is 1. The molecule has 1 fully saturated rings. The first kappa shape index (κ1) is 13.3. The summed E-state index contributed by atoms with van der Waals surface area (Å²) in [6.07, 6.45) is -0.125. The maximum atomic E-state index is 10.6. The topological polar surface area (TPSA) is 70.6 Å². The Labute approximate surface area is 96.6 Å². The van der Waals surface area contributed by atoms with Crippen LogP contribution in [0, 0.1) is 11.8 Å². The van der Waals surface area contributed by atoms with Crippen molar-refractivity contribution in [3.05, 3.63) is 0 Å². The second-order valence-electron chi connectivity index (χ2n) is 5.15. The third-order valence-corrected chi connectivity index (χ3v) is 3.08. The molecule has 94 valence electrons. The minimum Gasteiger partial charge on any atom is -0.465 e. The molecule has 1 aliphatic heterocycles. The highest BCUT2D eigenvalue weighted by atomic mass is 16.5. The van der Waals surface area contributed by atoms with Crippen molar-refractivity contribution < 1.29 is 14.6 Å². The normalized spacial score (nSPS) is 25.7. The molecule has 0 aromatic heterocycles. The van der Waals surface area contributed by atoms with Crippen molar-refractivity contribution in [2.75, 3.05) is 26.8 Å². The van der Waals surface area contributed by atoms with Gasteiger partial charge in [0.05, 0.1) is 6.61 Å². The minimum atomic E-state index is -0.959. The quantitative estimate of drug-likeness (QED) is 0.656. The first-order chi connectivity index (χ1) is 7.44. The van der Waals surface area contributed by atoms with Crippen LogP contribution >= 0.6 is 0 Å². The molecular formula is C11H22N2O3. The zero-order chi connectivity index (χ0) is 12.2. The Morgan fingerprint density at radius 3 is 2.69 bits per heavy atom. The van der Waals surface area contributed by atoms with Crippen LogP contribution in [0.25, 0.3) is 0 Å². The predicted molar refractivity (Wildman–Crippen MR) is 61.6 cm³/mol. The molecule has 5 heteroatoms. The van der Waals surface area contributed by atoms with E-state index in [4.69, 9.17) is 9.84 Å². The lowest BCUT2D eigenvalue weighted by Crippen LogP contribution is -2.45. The fourth-order valence-electron chi connectivity index (χ4n) is 2.43. The van der Waals surface area contributed by atoms with E-state index in [0.717, 1.165) is 26.1 Å². The Bertz CT molecular complexity index is 243. The molecule has 1 heterocycles. The van der Waals surface area contributed by atoms with E-state index in [1.807, 2.05) is 13.8 Å². The summed E-state index contributed by atoms with van der Waals surface area (Å²) < 4.78 is 5.17. The van der Waals surface area contributed by atoms with Crippen LogP contribution in [0.3, 0.4) is 0 Å². The smallest absolute Gasteiger partial charge is 0.405 e. The van der Waals surface area contributed by atoms with Crippen LogP contribution in [-0.4, -0.2) is 43.5 Å². The zero-order valence-corrected chi connectivity index (χ0v) is 10.2. The van der Waals surface area contributed by atoms with Gasteiger partial charge in [-0.1, -0.05) is 0 Å². The van der Waals surface area contributed by atoms with E-state index in [2.05, 4.69) is 10.6 Å². The summed E-state index contributed by atoms with van der Waals surface area (Å²) in [6, 6.07) is 0. The fourth-order valence-corrected chi connectivity index (χ4v) is 2.43. The van der Waals surface area contributed by atoms with E-state index in [-0.39, 0.29) is 5.54 Å². The maximum Gasteiger partial charge on any atom is 0.405 e. The van der Waals surface area contributed by atoms with Gasteiger partial charge in [0.25, 0.3) is 0 Å². The molecule has 1 aliphatic rings. The van der Waals surface area contributed by atoms with E-state index >= 15 is 0 Å². The Morgan fingerprint density at radius 1 is 1.50 bits per heavy atom. The molecule has 0 aliphatic carbocycles. The van der Waals surface area contributed by atoms with E-state index in [1.165, 1.54) is 0 Å². The van der Waals surface area contributed by atoms with Gasteiger partial charge >= 0.3 is 6.09 Å². The van der Waals surface area contributed by atoms with E-state index in [9.17, 15) is 4.79 Å². The highest BCUT2D eigenvalue weighted by Gasteiger charge is 2.33. The van der Waals surface area contributed by atoms with E-state index in [0.29, 0.717) is 11.8 Å². The molecule has 0 aromatic carbocycles.